The van der Waals surface area contributed by atoms with Gasteiger partial charge in [-0.15, -0.1) is 0 Å². The summed E-state index contributed by atoms with van der Waals surface area (Å²) in [6, 6.07) is 6.38. The minimum absolute atomic E-state index is 0.130. The zero-order valence-corrected chi connectivity index (χ0v) is 10.3. The minimum atomic E-state index is -0.404. The van der Waals surface area contributed by atoms with Crippen molar-refractivity contribution in [1.82, 2.24) is 5.32 Å². The molecule has 0 fully saturated rings. The van der Waals surface area contributed by atoms with Crippen LogP contribution in [0.1, 0.15) is 34.6 Å². The maximum Gasteiger partial charge on any atom is 0.337 e. The highest BCUT2D eigenvalue weighted by Crippen LogP contribution is 2.05. The minimum Gasteiger partial charge on any atom is -0.465 e. The highest BCUT2D eigenvalue weighted by Gasteiger charge is 2.08. The summed E-state index contributed by atoms with van der Waals surface area (Å²) >= 11 is 0. The van der Waals surface area contributed by atoms with Crippen molar-refractivity contribution >= 4 is 11.9 Å². The smallest absolute Gasteiger partial charge is 0.337 e. The molecule has 1 rings (SSSR count). The van der Waals surface area contributed by atoms with Crippen molar-refractivity contribution in [3.8, 4) is 0 Å². The number of amides is 1. The number of benzene rings is 1. The van der Waals surface area contributed by atoms with Gasteiger partial charge in [0.1, 0.15) is 0 Å². The molecular formula is C13H17NO3. The fourth-order valence-electron chi connectivity index (χ4n) is 1.27. The van der Waals surface area contributed by atoms with E-state index < -0.39 is 5.97 Å². The Kier molecular flexibility index (Phi) is 4.69. The van der Waals surface area contributed by atoms with Gasteiger partial charge in [-0.25, -0.2) is 4.79 Å². The number of hydrogen-bond acceptors (Lipinski definition) is 3. The summed E-state index contributed by atoms with van der Waals surface area (Å²) < 4.78 is 4.58. The van der Waals surface area contributed by atoms with Gasteiger partial charge in [-0.1, -0.05) is 13.8 Å². The van der Waals surface area contributed by atoms with Gasteiger partial charge < -0.3 is 10.1 Å². The molecule has 0 aliphatic carbocycles. The first-order valence-electron chi connectivity index (χ1n) is 5.51. The highest BCUT2D eigenvalue weighted by molar-refractivity contribution is 5.96. The molecule has 0 unspecified atom stereocenters. The Balaban J connectivity index is 2.67. The van der Waals surface area contributed by atoms with Crippen molar-refractivity contribution in [1.29, 1.82) is 0 Å². The Bertz CT molecular complexity index is 396. The average Bonchev–Trinajstić information content (AvgIpc) is 2.35. The quantitative estimate of drug-likeness (QED) is 0.810. The molecule has 0 heterocycles. The van der Waals surface area contributed by atoms with E-state index in [1.165, 1.54) is 7.11 Å². The molecular weight excluding hydrogens is 218 g/mol. The Morgan fingerprint density at radius 2 is 1.71 bits per heavy atom. The molecule has 4 nitrogen and oxygen atoms in total. The molecule has 0 saturated carbocycles. The van der Waals surface area contributed by atoms with Crippen LogP contribution in [0.15, 0.2) is 24.3 Å². The number of hydrogen-bond donors (Lipinski definition) is 1. The summed E-state index contributed by atoms with van der Waals surface area (Å²) in [4.78, 5) is 22.9. The Morgan fingerprint density at radius 3 is 2.18 bits per heavy atom. The van der Waals surface area contributed by atoms with Crippen LogP contribution in [-0.2, 0) is 4.74 Å². The molecule has 17 heavy (non-hydrogen) atoms. The average molecular weight is 235 g/mol. The van der Waals surface area contributed by atoms with Crippen LogP contribution in [0.4, 0.5) is 0 Å². The zero-order chi connectivity index (χ0) is 12.8. The van der Waals surface area contributed by atoms with Gasteiger partial charge in [-0.3, -0.25) is 4.79 Å². The van der Waals surface area contributed by atoms with Gasteiger partial charge in [0, 0.05) is 12.1 Å². The van der Waals surface area contributed by atoms with Crippen LogP contribution in [0.2, 0.25) is 0 Å². The molecule has 0 aliphatic rings. The summed E-state index contributed by atoms with van der Waals surface area (Å²) in [6.45, 7) is 4.69. The van der Waals surface area contributed by atoms with Gasteiger partial charge in [0.25, 0.3) is 5.91 Å². The molecule has 1 N–H and O–H groups in total. The van der Waals surface area contributed by atoms with Crippen LogP contribution in [0.25, 0.3) is 0 Å². The molecule has 1 aromatic carbocycles. The maximum absolute atomic E-state index is 11.7. The topological polar surface area (TPSA) is 55.4 Å². The lowest BCUT2D eigenvalue weighted by Crippen LogP contribution is -2.27. The van der Waals surface area contributed by atoms with Crippen LogP contribution in [0, 0.1) is 5.92 Å². The van der Waals surface area contributed by atoms with Crippen LogP contribution >= 0.6 is 0 Å². The predicted molar refractivity (Wildman–Crippen MR) is 65.0 cm³/mol. The first-order chi connectivity index (χ1) is 8.04. The third-order valence-electron chi connectivity index (χ3n) is 2.24. The molecule has 1 aromatic rings. The lowest BCUT2D eigenvalue weighted by Gasteiger charge is -2.07. The van der Waals surface area contributed by atoms with Gasteiger partial charge in [-0.2, -0.15) is 0 Å². The van der Waals surface area contributed by atoms with E-state index in [1.54, 1.807) is 24.3 Å². The van der Waals surface area contributed by atoms with Crippen molar-refractivity contribution in [3.63, 3.8) is 0 Å². The van der Waals surface area contributed by atoms with Crippen LogP contribution in [0.5, 0.6) is 0 Å². The fraction of sp³-hybridized carbons (Fsp3) is 0.385. The van der Waals surface area contributed by atoms with E-state index in [0.717, 1.165) is 0 Å². The van der Waals surface area contributed by atoms with Gasteiger partial charge in [0.15, 0.2) is 0 Å². The maximum atomic E-state index is 11.7. The van der Waals surface area contributed by atoms with Crippen molar-refractivity contribution in [2.75, 3.05) is 13.7 Å². The second kappa shape index (κ2) is 6.03. The van der Waals surface area contributed by atoms with E-state index >= 15 is 0 Å². The molecule has 92 valence electrons. The summed E-state index contributed by atoms with van der Waals surface area (Å²) in [7, 11) is 1.32. The van der Waals surface area contributed by atoms with E-state index in [0.29, 0.717) is 23.6 Å². The van der Waals surface area contributed by atoms with Gasteiger partial charge in [0.05, 0.1) is 12.7 Å². The molecule has 0 radical (unpaired) electrons. The predicted octanol–water partition coefficient (Wildman–Crippen LogP) is 1.86. The molecule has 0 aliphatic heterocycles. The van der Waals surface area contributed by atoms with E-state index in [2.05, 4.69) is 10.1 Å². The number of methoxy groups -OCH3 is 1. The second-order valence-corrected chi connectivity index (χ2v) is 4.17. The van der Waals surface area contributed by atoms with Crippen molar-refractivity contribution in [3.05, 3.63) is 35.4 Å². The summed E-state index contributed by atoms with van der Waals surface area (Å²) in [5, 5.41) is 2.81. The SMILES string of the molecule is COC(=O)c1ccc(C(=O)NCC(C)C)cc1. The van der Waals surface area contributed by atoms with Gasteiger partial charge in [0.2, 0.25) is 0 Å². The number of rotatable bonds is 4. The van der Waals surface area contributed by atoms with Crippen LogP contribution in [-0.4, -0.2) is 25.5 Å². The molecule has 0 spiro atoms. The normalized spacial score (nSPS) is 10.1. The number of nitrogens with one attached hydrogen (secondary N) is 1. The number of carbonyl (C=O) groups is 2. The molecule has 1 amide bonds. The molecule has 0 bridgehead atoms. The van der Waals surface area contributed by atoms with Crippen molar-refractivity contribution < 1.29 is 14.3 Å². The highest BCUT2D eigenvalue weighted by atomic mass is 16.5. The third kappa shape index (κ3) is 3.90. The lowest BCUT2D eigenvalue weighted by atomic mass is 10.1. The van der Waals surface area contributed by atoms with Gasteiger partial charge >= 0.3 is 5.97 Å². The van der Waals surface area contributed by atoms with Crippen molar-refractivity contribution in [2.45, 2.75) is 13.8 Å². The first-order valence-corrected chi connectivity index (χ1v) is 5.51. The van der Waals surface area contributed by atoms with E-state index in [1.807, 2.05) is 13.8 Å². The zero-order valence-electron chi connectivity index (χ0n) is 10.3. The lowest BCUT2D eigenvalue weighted by molar-refractivity contribution is 0.0600. The second-order valence-electron chi connectivity index (χ2n) is 4.17. The molecule has 4 heteroatoms. The Labute approximate surface area is 101 Å². The summed E-state index contributed by atoms with van der Waals surface area (Å²) in [6.07, 6.45) is 0. The van der Waals surface area contributed by atoms with Crippen LogP contribution in [0.3, 0.4) is 0 Å². The van der Waals surface area contributed by atoms with E-state index in [9.17, 15) is 9.59 Å². The monoisotopic (exact) mass is 235 g/mol. The summed E-state index contributed by atoms with van der Waals surface area (Å²) in [5.41, 5.74) is 0.978. The van der Waals surface area contributed by atoms with Gasteiger partial charge in [-0.05, 0) is 30.2 Å². The molecule has 0 saturated heterocycles. The Hall–Kier alpha value is -1.84. The fourth-order valence-corrected chi connectivity index (χ4v) is 1.27. The number of carbonyl (C=O) groups excluding carboxylic acids is 2. The number of ether oxygens (including phenoxy) is 1. The third-order valence-corrected chi connectivity index (χ3v) is 2.24. The van der Waals surface area contributed by atoms with E-state index in [-0.39, 0.29) is 5.91 Å². The molecule has 0 aromatic heterocycles. The van der Waals surface area contributed by atoms with Crippen molar-refractivity contribution in [2.24, 2.45) is 5.92 Å². The Morgan fingerprint density at radius 1 is 1.18 bits per heavy atom. The first kappa shape index (κ1) is 13.2. The van der Waals surface area contributed by atoms with E-state index in [4.69, 9.17) is 0 Å². The number of esters is 1. The van der Waals surface area contributed by atoms with Crippen LogP contribution < -0.4 is 5.32 Å². The largest absolute Gasteiger partial charge is 0.465 e. The molecule has 0 atom stereocenters. The standard InChI is InChI=1S/C13H17NO3/c1-9(2)8-14-12(15)10-4-6-11(7-5-10)13(16)17-3/h4-7,9H,8H2,1-3H3,(H,14,15). The summed E-state index contributed by atoms with van der Waals surface area (Å²) in [5.74, 6) is -0.123.